The van der Waals surface area contributed by atoms with E-state index >= 15 is 0 Å². The highest BCUT2D eigenvalue weighted by atomic mass is 32.2. The van der Waals surface area contributed by atoms with Gasteiger partial charge < -0.3 is 19.5 Å². The first-order valence-corrected chi connectivity index (χ1v) is 14.6. The molecule has 0 radical (unpaired) electrons. The van der Waals surface area contributed by atoms with Gasteiger partial charge in [-0.2, -0.15) is 0 Å². The van der Waals surface area contributed by atoms with Crippen molar-refractivity contribution in [1.82, 2.24) is 14.9 Å². The van der Waals surface area contributed by atoms with Gasteiger partial charge >= 0.3 is 5.97 Å². The molecule has 5 rings (SSSR count). The van der Waals surface area contributed by atoms with Gasteiger partial charge in [0.2, 0.25) is 0 Å². The van der Waals surface area contributed by atoms with E-state index in [4.69, 9.17) is 4.74 Å². The first-order valence-electron chi connectivity index (χ1n) is 13.5. The summed E-state index contributed by atoms with van der Waals surface area (Å²) >= 11 is 2.00. The summed E-state index contributed by atoms with van der Waals surface area (Å²) in [6, 6.07) is 13.2. The number of esters is 1. The molecule has 2 unspecified atom stereocenters. The first-order chi connectivity index (χ1) is 18.3. The van der Waals surface area contributed by atoms with Gasteiger partial charge in [0.25, 0.3) is 0 Å². The zero-order valence-corrected chi connectivity index (χ0v) is 24.4. The molecule has 2 aromatic carbocycles. The van der Waals surface area contributed by atoms with Gasteiger partial charge in [-0.15, -0.1) is 11.8 Å². The number of carbonyl (C=O) groups is 1. The van der Waals surface area contributed by atoms with Gasteiger partial charge in [0, 0.05) is 58.8 Å². The Kier molecular flexibility index (Phi) is 7.93. The van der Waals surface area contributed by atoms with E-state index in [9.17, 15) is 4.79 Å². The van der Waals surface area contributed by atoms with Gasteiger partial charge in [-0.05, 0) is 62.1 Å². The highest BCUT2D eigenvalue weighted by molar-refractivity contribution is 7.99. The largest absolute Gasteiger partial charge is 0.465 e. The Balaban J connectivity index is 1.12. The van der Waals surface area contributed by atoms with Crippen molar-refractivity contribution in [3.8, 4) is 0 Å². The Morgan fingerprint density at radius 1 is 1.00 bits per heavy atom. The fourth-order valence-corrected chi connectivity index (χ4v) is 7.20. The SMILES string of the molecule is COC(=O)c1ccc2c(c1)N(C)C(CN1CCC(N3C=CC(SCc4ccc(C)cc4C)N3C)CC1)N2C. The predicted molar refractivity (Wildman–Crippen MR) is 158 cm³/mol. The summed E-state index contributed by atoms with van der Waals surface area (Å²) in [5.74, 6) is 0.741. The number of hydrazine groups is 1. The van der Waals surface area contributed by atoms with E-state index in [1.165, 1.54) is 23.8 Å². The van der Waals surface area contributed by atoms with Crippen molar-refractivity contribution in [2.45, 2.75) is 50.0 Å². The van der Waals surface area contributed by atoms with Crippen LogP contribution in [0.15, 0.2) is 48.7 Å². The number of benzene rings is 2. The summed E-state index contributed by atoms with van der Waals surface area (Å²) in [4.78, 5) is 19.2. The average molecular weight is 536 g/mol. The van der Waals surface area contributed by atoms with Crippen molar-refractivity contribution >= 4 is 29.1 Å². The molecule has 0 N–H and O–H groups in total. The highest BCUT2D eigenvalue weighted by Gasteiger charge is 2.36. The van der Waals surface area contributed by atoms with Gasteiger partial charge in [0.15, 0.2) is 0 Å². The summed E-state index contributed by atoms with van der Waals surface area (Å²) in [7, 11) is 7.94. The van der Waals surface area contributed by atoms with Crippen LogP contribution in [0.25, 0.3) is 0 Å². The Hall–Kier alpha value is -2.68. The number of rotatable bonds is 7. The number of nitrogens with zero attached hydrogens (tertiary/aromatic N) is 5. The number of ether oxygens (including phenoxy) is 1. The number of aryl methyl sites for hydroxylation is 2. The van der Waals surface area contributed by atoms with Gasteiger partial charge in [0.1, 0.15) is 6.17 Å². The van der Waals surface area contributed by atoms with Crippen LogP contribution < -0.4 is 9.80 Å². The minimum absolute atomic E-state index is 0.245. The van der Waals surface area contributed by atoms with E-state index in [1.807, 2.05) is 30.0 Å². The molecule has 0 bridgehead atoms. The highest BCUT2D eigenvalue weighted by Crippen LogP contribution is 2.39. The van der Waals surface area contributed by atoms with Crippen molar-refractivity contribution in [2.75, 3.05) is 57.7 Å². The van der Waals surface area contributed by atoms with Crippen molar-refractivity contribution in [2.24, 2.45) is 0 Å². The lowest BCUT2D eigenvalue weighted by atomic mass is 10.0. The lowest BCUT2D eigenvalue weighted by Crippen LogP contribution is -2.53. The minimum Gasteiger partial charge on any atom is -0.465 e. The molecule has 1 fully saturated rings. The average Bonchev–Trinajstić information content (AvgIpc) is 3.40. The third-order valence-electron chi connectivity index (χ3n) is 8.45. The second-order valence-electron chi connectivity index (χ2n) is 10.9. The van der Waals surface area contributed by atoms with Gasteiger partial charge in [-0.3, -0.25) is 4.90 Å². The van der Waals surface area contributed by atoms with E-state index in [-0.39, 0.29) is 12.1 Å². The van der Waals surface area contributed by atoms with Gasteiger partial charge in [-0.25, -0.2) is 9.80 Å². The molecule has 38 heavy (non-hydrogen) atoms. The van der Waals surface area contributed by atoms with Crippen LogP contribution in [-0.4, -0.2) is 86.4 Å². The molecule has 3 aliphatic rings. The van der Waals surface area contributed by atoms with E-state index in [0.29, 0.717) is 17.0 Å². The van der Waals surface area contributed by atoms with Crippen LogP contribution in [0.4, 0.5) is 11.4 Å². The number of carbonyl (C=O) groups excluding carboxylic acids is 1. The standard InChI is InChI=1S/C30H41N5O2S/c1-21-7-8-24(22(2)17-21)20-38-29-13-16-35(33(29)5)25-11-14-34(15-12-25)19-28-31(3)26-10-9-23(30(36)37-6)18-27(26)32(28)4/h7-10,13,16-18,25,28-29H,11-12,14-15,19-20H2,1-6H3. The number of hydrogen-bond acceptors (Lipinski definition) is 8. The van der Waals surface area contributed by atoms with Crippen LogP contribution in [0.3, 0.4) is 0 Å². The van der Waals surface area contributed by atoms with Crippen LogP contribution in [0.5, 0.6) is 0 Å². The number of thioether (sulfide) groups is 1. The van der Waals surface area contributed by atoms with Gasteiger partial charge in [0.05, 0.1) is 29.4 Å². The number of hydrogen-bond donors (Lipinski definition) is 0. The zero-order valence-electron chi connectivity index (χ0n) is 23.6. The van der Waals surface area contributed by atoms with Crippen molar-refractivity contribution in [3.63, 3.8) is 0 Å². The topological polar surface area (TPSA) is 42.5 Å². The molecule has 0 saturated carbocycles. The summed E-state index contributed by atoms with van der Waals surface area (Å²) < 4.78 is 4.92. The molecule has 7 nitrogen and oxygen atoms in total. The predicted octanol–water partition coefficient (Wildman–Crippen LogP) is 4.70. The van der Waals surface area contributed by atoms with Crippen molar-refractivity contribution in [3.05, 3.63) is 70.9 Å². The molecule has 2 aromatic rings. The number of piperidine rings is 1. The third kappa shape index (κ3) is 5.26. The molecule has 2 atom stereocenters. The van der Waals surface area contributed by atoms with Crippen LogP contribution in [0.2, 0.25) is 0 Å². The quantitative estimate of drug-likeness (QED) is 0.473. The molecule has 0 amide bonds. The Morgan fingerprint density at radius 2 is 1.74 bits per heavy atom. The van der Waals surface area contributed by atoms with Crippen LogP contribution >= 0.6 is 11.8 Å². The second kappa shape index (κ2) is 11.2. The maximum Gasteiger partial charge on any atom is 0.337 e. The molecule has 1 saturated heterocycles. The van der Waals surface area contributed by atoms with Crippen LogP contribution in [-0.2, 0) is 10.5 Å². The maximum atomic E-state index is 12.0. The molecule has 3 heterocycles. The fraction of sp³-hybridized carbons (Fsp3) is 0.500. The molecule has 0 aliphatic carbocycles. The number of methoxy groups -OCH3 is 1. The molecule has 204 valence electrons. The maximum absolute atomic E-state index is 12.0. The minimum atomic E-state index is -0.291. The van der Waals surface area contributed by atoms with E-state index in [1.54, 1.807) is 0 Å². The van der Waals surface area contributed by atoms with Crippen LogP contribution in [0, 0.1) is 13.8 Å². The summed E-state index contributed by atoms with van der Waals surface area (Å²) in [5, 5.41) is 5.26. The number of likely N-dealkylation sites (N-methyl/N-ethyl adjacent to an activating group) is 3. The molecule has 0 aromatic heterocycles. The van der Waals surface area contributed by atoms with Crippen molar-refractivity contribution < 1.29 is 9.53 Å². The van der Waals surface area contributed by atoms with E-state index in [2.05, 4.69) is 90.2 Å². The van der Waals surface area contributed by atoms with Crippen molar-refractivity contribution in [1.29, 1.82) is 0 Å². The lowest BCUT2D eigenvalue weighted by Gasteiger charge is -2.42. The monoisotopic (exact) mass is 535 g/mol. The Morgan fingerprint density at radius 3 is 2.45 bits per heavy atom. The molecule has 3 aliphatic heterocycles. The van der Waals surface area contributed by atoms with E-state index < -0.39 is 0 Å². The number of anilines is 2. The normalized spacial score (nSPS) is 22.4. The number of fused-ring (bicyclic) bond motifs is 1. The lowest BCUT2D eigenvalue weighted by molar-refractivity contribution is 0.0000152. The third-order valence-corrected chi connectivity index (χ3v) is 9.73. The second-order valence-corrected chi connectivity index (χ2v) is 12.0. The Bertz CT molecular complexity index is 1200. The number of likely N-dealkylation sites (tertiary alicyclic amines) is 1. The summed E-state index contributed by atoms with van der Waals surface area (Å²) in [6.07, 6.45) is 7.21. The summed E-state index contributed by atoms with van der Waals surface area (Å²) in [6.45, 7) is 7.53. The first kappa shape index (κ1) is 26.9. The summed E-state index contributed by atoms with van der Waals surface area (Å²) in [5.41, 5.74) is 6.99. The van der Waals surface area contributed by atoms with Gasteiger partial charge in [-0.1, -0.05) is 23.8 Å². The molecule has 8 heteroatoms. The zero-order chi connectivity index (χ0) is 27.0. The fourth-order valence-electron chi connectivity index (χ4n) is 6.02. The Labute approximate surface area is 232 Å². The van der Waals surface area contributed by atoms with Crippen LogP contribution in [0.1, 0.15) is 39.9 Å². The smallest absolute Gasteiger partial charge is 0.337 e. The van der Waals surface area contributed by atoms with E-state index in [0.717, 1.165) is 49.6 Å². The molecular weight excluding hydrogens is 494 g/mol. The molecule has 0 spiro atoms. The molecular formula is C30H41N5O2S.